The largest absolute Gasteiger partial charge is 0.286 e. The van der Waals surface area contributed by atoms with Crippen LogP contribution in [0.2, 0.25) is 0 Å². The molecule has 0 aliphatic rings. The van der Waals surface area contributed by atoms with Gasteiger partial charge in [-0.25, -0.2) is 0 Å². The molecular formula is C10H10FNO3. The van der Waals surface area contributed by atoms with Gasteiger partial charge in [0.25, 0.3) is 6.04 Å². The van der Waals surface area contributed by atoms with Gasteiger partial charge in [-0.1, -0.05) is 30.3 Å². The Morgan fingerprint density at radius 1 is 1.40 bits per heavy atom. The Hall–Kier alpha value is -1.78. The number of alkyl halides is 1. The second-order valence-electron chi connectivity index (χ2n) is 3.01. The Bertz CT molecular complexity index is 353. The molecule has 0 bridgehead atoms. The number of nitrogens with zero attached hydrogens (tertiary/aromatic N) is 1. The van der Waals surface area contributed by atoms with Crippen molar-refractivity contribution in [1.82, 2.24) is 0 Å². The monoisotopic (exact) mass is 211 g/mol. The van der Waals surface area contributed by atoms with Gasteiger partial charge in [-0.05, 0) is 0 Å². The van der Waals surface area contributed by atoms with Gasteiger partial charge in [0, 0.05) is 10.5 Å². The molecule has 0 amide bonds. The lowest BCUT2D eigenvalue weighted by Crippen LogP contribution is -2.30. The van der Waals surface area contributed by atoms with Crippen LogP contribution in [-0.4, -0.2) is 23.4 Å². The number of halogens is 1. The summed E-state index contributed by atoms with van der Waals surface area (Å²) in [6, 6.07) is 6.41. The quantitative estimate of drug-likeness (QED) is 0.424. The van der Waals surface area contributed by atoms with Gasteiger partial charge in [-0.2, -0.15) is 0 Å². The first-order chi connectivity index (χ1) is 7.16. The summed E-state index contributed by atoms with van der Waals surface area (Å²) in [6.07, 6.45) is -0.374. The summed E-state index contributed by atoms with van der Waals surface area (Å²) < 4.78 is 12.0. The number of rotatable bonds is 5. The van der Waals surface area contributed by atoms with E-state index in [0.717, 1.165) is 0 Å². The second-order valence-corrected chi connectivity index (χ2v) is 3.01. The number of carbonyl (C=O) groups excluding carboxylic acids is 1. The van der Waals surface area contributed by atoms with Crippen LogP contribution in [0.15, 0.2) is 30.3 Å². The summed E-state index contributed by atoms with van der Waals surface area (Å²) in [5.74, 6) is -0.641. The molecule has 0 saturated carbocycles. The minimum atomic E-state index is -1.47. The minimum absolute atomic E-state index is 0.243. The zero-order valence-electron chi connectivity index (χ0n) is 7.93. The predicted molar refractivity (Wildman–Crippen MR) is 52.1 cm³/mol. The fraction of sp³-hybridized carbons (Fsp3) is 0.300. The van der Waals surface area contributed by atoms with Gasteiger partial charge in [-0.15, -0.1) is 0 Å². The van der Waals surface area contributed by atoms with Crippen molar-refractivity contribution in [1.29, 1.82) is 0 Å². The lowest BCUT2D eigenvalue weighted by atomic mass is 10.0. The van der Waals surface area contributed by atoms with Crippen LogP contribution < -0.4 is 0 Å². The minimum Gasteiger partial charge on any atom is -0.286 e. The number of hydrogen-bond donors (Lipinski definition) is 0. The Kier molecular flexibility index (Phi) is 3.91. The highest BCUT2D eigenvalue weighted by molar-refractivity contribution is 5.99. The van der Waals surface area contributed by atoms with E-state index in [0.29, 0.717) is 0 Å². The molecule has 0 fully saturated rings. The van der Waals surface area contributed by atoms with Crippen LogP contribution in [-0.2, 0) is 0 Å². The van der Waals surface area contributed by atoms with Crippen LogP contribution in [0.1, 0.15) is 16.8 Å². The smallest absolute Gasteiger partial charge is 0.277 e. The van der Waals surface area contributed by atoms with Crippen molar-refractivity contribution in [2.75, 3.05) is 6.67 Å². The number of ketones is 1. The molecule has 0 heterocycles. The molecular weight excluding hydrogens is 201 g/mol. The first kappa shape index (κ1) is 11.3. The molecule has 1 aromatic carbocycles. The maximum Gasteiger partial charge on any atom is 0.277 e. The Balaban J connectivity index is 2.86. The Morgan fingerprint density at radius 3 is 2.47 bits per heavy atom. The fourth-order valence-electron chi connectivity index (χ4n) is 1.23. The molecule has 0 radical (unpaired) electrons. The molecule has 1 rings (SSSR count). The van der Waals surface area contributed by atoms with Gasteiger partial charge in [0.2, 0.25) is 5.78 Å². The summed E-state index contributed by atoms with van der Waals surface area (Å²) in [4.78, 5) is 21.3. The number of carbonyl (C=O) groups is 1. The maximum absolute atomic E-state index is 12.0. The highest BCUT2D eigenvalue weighted by atomic mass is 19.1. The molecule has 4 nitrogen and oxygen atoms in total. The van der Waals surface area contributed by atoms with E-state index in [-0.39, 0.29) is 12.0 Å². The van der Waals surface area contributed by atoms with Crippen LogP contribution in [0.5, 0.6) is 0 Å². The molecule has 0 aliphatic heterocycles. The van der Waals surface area contributed by atoms with E-state index in [2.05, 4.69) is 0 Å². The molecule has 15 heavy (non-hydrogen) atoms. The molecule has 5 heteroatoms. The van der Waals surface area contributed by atoms with Gasteiger partial charge in [-0.3, -0.25) is 19.3 Å². The molecule has 0 spiro atoms. The lowest BCUT2D eigenvalue weighted by Gasteiger charge is -2.05. The second kappa shape index (κ2) is 5.19. The van der Waals surface area contributed by atoms with Crippen molar-refractivity contribution in [3.8, 4) is 0 Å². The van der Waals surface area contributed by atoms with Gasteiger partial charge in [0.05, 0.1) is 13.1 Å². The van der Waals surface area contributed by atoms with E-state index >= 15 is 0 Å². The van der Waals surface area contributed by atoms with Crippen LogP contribution in [0.25, 0.3) is 0 Å². The van der Waals surface area contributed by atoms with Crippen molar-refractivity contribution >= 4 is 5.78 Å². The summed E-state index contributed by atoms with van der Waals surface area (Å²) in [5.41, 5.74) is 0.243. The molecule has 0 aliphatic carbocycles. The molecule has 1 atom stereocenters. The zero-order valence-corrected chi connectivity index (χ0v) is 7.93. The molecule has 0 aromatic heterocycles. The zero-order chi connectivity index (χ0) is 11.3. The van der Waals surface area contributed by atoms with Gasteiger partial charge >= 0.3 is 0 Å². The highest BCUT2D eigenvalue weighted by Crippen LogP contribution is 2.08. The van der Waals surface area contributed by atoms with Crippen molar-refractivity contribution in [2.24, 2.45) is 0 Å². The van der Waals surface area contributed by atoms with E-state index < -0.39 is 23.4 Å². The highest BCUT2D eigenvalue weighted by Gasteiger charge is 2.29. The van der Waals surface area contributed by atoms with Crippen LogP contribution in [0.4, 0.5) is 4.39 Å². The molecule has 1 unspecified atom stereocenters. The number of benzene rings is 1. The summed E-state index contributed by atoms with van der Waals surface area (Å²) in [6.45, 7) is -0.871. The first-order valence-corrected chi connectivity index (χ1v) is 4.45. The first-order valence-electron chi connectivity index (χ1n) is 4.45. The third-order valence-electron chi connectivity index (χ3n) is 2.00. The number of nitro groups is 1. The van der Waals surface area contributed by atoms with Crippen molar-refractivity contribution in [3.05, 3.63) is 46.0 Å². The number of hydrogen-bond acceptors (Lipinski definition) is 3. The third kappa shape index (κ3) is 2.83. The molecule has 0 saturated heterocycles. The van der Waals surface area contributed by atoms with Gasteiger partial charge in [0.15, 0.2) is 0 Å². The van der Waals surface area contributed by atoms with E-state index in [4.69, 9.17) is 0 Å². The van der Waals surface area contributed by atoms with Crippen molar-refractivity contribution in [2.45, 2.75) is 12.5 Å². The molecule has 0 N–H and O–H groups in total. The number of Topliss-reactive ketones (excluding diaryl/α,β-unsaturated/α-hetero) is 1. The normalized spacial score (nSPS) is 12.1. The SMILES string of the molecule is O=C(c1ccccc1)C(CCF)[N+](=O)[O-]. The van der Waals surface area contributed by atoms with Gasteiger partial charge < -0.3 is 0 Å². The Labute approximate surface area is 85.9 Å². The average Bonchev–Trinajstić information content (AvgIpc) is 2.26. The molecule has 1 aromatic rings. The third-order valence-corrected chi connectivity index (χ3v) is 2.00. The van der Waals surface area contributed by atoms with E-state index in [1.807, 2.05) is 0 Å². The van der Waals surface area contributed by atoms with Crippen molar-refractivity contribution in [3.63, 3.8) is 0 Å². The topological polar surface area (TPSA) is 60.2 Å². The summed E-state index contributed by atoms with van der Waals surface area (Å²) >= 11 is 0. The van der Waals surface area contributed by atoms with Crippen LogP contribution in [0.3, 0.4) is 0 Å². The average molecular weight is 211 g/mol. The van der Waals surface area contributed by atoms with Crippen molar-refractivity contribution < 1.29 is 14.1 Å². The Morgan fingerprint density at radius 2 is 2.00 bits per heavy atom. The van der Waals surface area contributed by atoms with Crippen LogP contribution >= 0.6 is 0 Å². The van der Waals surface area contributed by atoms with Crippen LogP contribution in [0, 0.1) is 10.1 Å². The summed E-state index contributed by atoms with van der Waals surface area (Å²) in [5, 5.41) is 10.5. The van der Waals surface area contributed by atoms with E-state index in [1.165, 1.54) is 12.1 Å². The predicted octanol–water partition coefficient (Wildman–Crippen LogP) is 1.87. The fourth-order valence-corrected chi connectivity index (χ4v) is 1.23. The van der Waals surface area contributed by atoms with Gasteiger partial charge in [0.1, 0.15) is 0 Å². The summed E-state index contributed by atoms with van der Waals surface area (Å²) in [7, 11) is 0. The van der Waals surface area contributed by atoms with E-state index in [9.17, 15) is 19.3 Å². The standard InChI is InChI=1S/C10H10FNO3/c11-7-6-9(12(14)15)10(13)8-4-2-1-3-5-8/h1-5,9H,6-7H2. The maximum atomic E-state index is 12.0. The lowest BCUT2D eigenvalue weighted by molar-refractivity contribution is -0.506. The van der Waals surface area contributed by atoms with E-state index in [1.54, 1.807) is 18.2 Å². The molecule has 80 valence electrons.